The highest BCUT2D eigenvalue weighted by molar-refractivity contribution is 4.56. The molecule has 0 fully saturated rings. The Morgan fingerprint density at radius 2 is 1.46 bits per heavy atom. The molecule has 0 aromatic rings. The first kappa shape index (κ1) is 13.0. The van der Waals surface area contributed by atoms with E-state index in [1.807, 2.05) is 0 Å². The average molecular weight is 186 g/mol. The Balaban J connectivity index is 3.21. The van der Waals surface area contributed by atoms with Crippen molar-refractivity contribution in [1.82, 2.24) is 0 Å². The van der Waals surface area contributed by atoms with Crippen molar-refractivity contribution in [3.05, 3.63) is 0 Å². The van der Waals surface area contributed by atoms with Crippen molar-refractivity contribution < 1.29 is 5.11 Å². The van der Waals surface area contributed by atoms with Crippen LogP contribution < -0.4 is 0 Å². The van der Waals surface area contributed by atoms with E-state index in [9.17, 15) is 0 Å². The first-order valence-corrected chi connectivity index (χ1v) is 5.81. The second-order valence-corrected chi connectivity index (χ2v) is 4.42. The van der Waals surface area contributed by atoms with Gasteiger partial charge in [-0.1, -0.05) is 46.5 Å². The lowest BCUT2D eigenvalue weighted by Crippen LogP contribution is -1.99. The maximum Gasteiger partial charge on any atom is 0.0431 e. The van der Waals surface area contributed by atoms with E-state index in [1.54, 1.807) is 0 Å². The standard InChI is InChI=1S/C12H26O/c1-4-11(2)7-5-8-12(3)9-6-10-13/h11-13H,4-10H2,1-3H3/t11?,12-/m1/s1. The Labute approximate surface area is 83.5 Å². The normalized spacial score (nSPS) is 15.7. The van der Waals surface area contributed by atoms with Gasteiger partial charge in [-0.05, 0) is 24.7 Å². The molecular weight excluding hydrogens is 160 g/mol. The van der Waals surface area contributed by atoms with Crippen LogP contribution in [0.3, 0.4) is 0 Å². The summed E-state index contributed by atoms with van der Waals surface area (Å²) in [6.07, 6.45) is 7.55. The zero-order valence-corrected chi connectivity index (χ0v) is 9.55. The molecule has 0 radical (unpaired) electrons. The first-order valence-electron chi connectivity index (χ1n) is 5.81. The van der Waals surface area contributed by atoms with Crippen molar-refractivity contribution in [2.24, 2.45) is 11.8 Å². The van der Waals surface area contributed by atoms with Gasteiger partial charge in [0.15, 0.2) is 0 Å². The van der Waals surface area contributed by atoms with Crippen LogP contribution in [-0.4, -0.2) is 11.7 Å². The summed E-state index contributed by atoms with van der Waals surface area (Å²) in [6, 6.07) is 0. The Kier molecular flexibility index (Phi) is 8.53. The highest BCUT2D eigenvalue weighted by Crippen LogP contribution is 2.17. The molecule has 0 aromatic heterocycles. The van der Waals surface area contributed by atoms with Crippen LogP contribution in [0.5, 0.6) is 0 Å². The minimum Gasteiger partial charge on any atom is -0.396 e. The van der Waals surface area contributed by atoms with Gasteiger partial charge < -0.3 is 5.11 Å². The predicted molar refractivity (Wildman–Crippen MR) is 58.8 cm³/mol. The summed E-state index contributed by atoms with van der Waals surface area (Å²) < 4.78 is 0. The summed E-state index contributed by atoms with van der Waals surface area (Å²) in [6.45, 7) is 7.25. The monoisotopic (exact) mass is 186 g/mol. The summed E-state index contributed by atoms with van der Waals surface area (Å²) in [5, 5.41) is 8.67. The Bertz CT molecular complexity index is 101. The van der Waals surface area contributed by atoms with Crippen LogP contribution in [-0.2, 0) is 0 Å². The molecule has 0 rings (SSSR count). The van der Waals surface area contributed by atoms with Gasteiger partial charge in [-0.15, -0.1) is 0 Å². The molecule has 0 saturated carbocycles. The van der Waals surface area contributed by atoms with E-state index in [2.05, 4.69) is 20.8 Å². The molecule has 0 aromatic carbocycles. The van der Waals surface area contributed by atoms with Crippen LogP contribution >= 0.6 is 0 Å². The molecule has 1 heteroatoms. The topological polar surface area (TPSA) is 20.2 Å². The second kappa shape index (κ2) is 8.55. The molecule has 1 unspecified atom stereocenters. The maximum absolute atomic E-state index is 8.67. The molecule has 0 bridgehead atoms. The number of aliphatic hydroxyl groups excluding tert-OH is 1. The Morgan fingerprint density at radius 1 is 0.923 bits per heavy atom. The number of hydrogen-bond donors (Lipinski definition) is 1. The van der Waals surface area contributed by atoms with E-state index in [1.165, 1.54) is 32.1 Å². The van der Waals surface area contributed by atoms with Gasteiger partial charge in [0.25, 0.3) is 0 Å². The van der Waals surface area contributed by atoms with E-state index in [0.717, 1.165) is 18.3 Å². The van der Waals surface area contributed by atoms with Crippen molar-refractivity contribution in [2.75, 3.05) is 6.61 Å². The largest absolute Gasteiger partial charge is 0.396 e. The molecule has 0 heterocycles. The predicted octanol–water partition coefficient (Wildman–Crippen LogP) is 3.61. The van der Waals surface area contributed by atoms with Crippen molar-refractivity contribution in [3.63, 3.8) is 0 Å². The molecule has 80 valence electrons. The Hall–Kier alpha value is -0.0400. The van der Waals surface area contributed by atoms with Crippen molar-refractivity contribution in [3.8, 4) is 0 Å². The van der Waals surface area contributed by atoms with Crippen LogP contribution in [0, 0.1) is 11.8 Å². The van der Waals surface area contributed by atoms with Crippen molar-refractivity contribution in [2.45, 2.75) is 59.3 Å². The van der Waals surface area contributed by atoms with Crippen LogP contribution in [0.1, 0.15) is 59.3 Å². The molecule has 0 amide bonds. The summed E-state index contributed by atoms with van der Waals surface area (Å²) in [7, 11) is 0. The van der Waals surface area contributed by atoms with Gasteiger partial charge in [0.05, 0.1) is 0 Å². The summed E-state index contributed by atoms with van der Waals surface area (Å²) in [5.74, 6) is 1.70. The quantitative estimate of drug-likeness (QED) is 0.614. The number of hydrogen-bond acceptors (Lipinski definition) is 1. The summed E-state index contributed by atoms with van der Waals surface area (Å²) in [4.78, 5) is 0. The van der Waals surface area contributed by atoms with E-state index in [-0.39, 0.29) is 0 Å². The van der Waals surface area contributed by atoms with Crippen molar-refractivity contribution >= 4 is 0 Å². The van der Waals surface area contributed by atoms with E-state index >= 15 is 0 Å². The highest BCUT2D eigenvalue weighted by Gasteiger charge is 2.03. The van der Waals surface area contributed by atoms with Crippen molar-refractivity contribution in [1.29, 1.82) is 0 Å². The molecule has 0 aliphatic rings. The van der Waals surface area contributed by atoms with E-state index in [4.69, 9.17) is 5.11 Å². The fourth-order valence-electron chi connectivity index (χ4n) is 1.60. The van der Waals surface area contributed by atoms with Gasteiger partial charge >= 0.3 is 0 Å². The van der Waals surface area contributed by atoms with Gasteiger partial charge in [-0.2, -0.15) is 0 Å². The first-order chi connectivity index (χ1) is 6.20. The van der Waals surface area contributed by atoms with Gasteiger partial charge in [-0.25, -0.2) is 0 Å². The fraction of sp³-hybridized carbons (Fsp3) is 1.00. The highest BCUT2D eigenvalue weighted by atomic mass is 16.2. The molecule has 0 aliphatic carbocycles. The molecule has 1 N–H and O–H groups in total. The molecule has 0 spiro atoms. The molecule has 1 nitrogen and oxygen atoms in total. The van der Waals surface area contributed by atoms with Gasteiger partial charge in [0.2, 0.25) is 0 Å². The lowest BCUT2D eigenvalue weighted by Gasteiger charge is -2.12. The summed E-state index contributed by atoms with van der Waals surface area (Å²) >= 11 is 0. The smallest absolute Gasteiger partial charge is 0.0431 e. The number of rotatable bonds is 8. The third-order valence-electron chi connectivity index (χ3n) is 2.95. The van der Waals surface area contributed by atoms with E-state index in [0.29, 0.717) is 6.61 Å². The van der Waals surface area contributed by atoms with Crippen LogP contribution in [0.4, 0.5) is 0 Å². The molecule has 0 aliphatic heterocycles. The zero-order valence-electron chi connectivity index (χ0n) is 9.55. The third-order valence-corrected chi connectivity index (χ3v) is 2.95. The molecule has 13 heavy (non-hydrogen) atoms. The van der Waals surface area contributed by atoms with E-state index < -0.39 is 0 Å². The SMILES string of the molecule is CCC(C)CCC[C@@H](C)CCCO. The maximum atomic E-state index is 8.67. The molecule has 0 saturated heterocycles. The van der Waals surface area contributed by atoms with Crippen LogP contribution in [0.2, 0.25) is 0 Å². The second-order valence-electron chi connectivity index (χ2n) is 4.42. The zero-order chi connectivity index (χ0) is 10.1. The number of aliphatic hydroxyl groups is 1. The lowest BCUT2D eigenvalue weighted by atomic mass is 9.95. The van der Waals surface area contributed by atoms with Crippen LogP contribution in [0.25, 0.3) is 0 Å². The van der Waals surface area contributed by atoms with Gasteiger partial charge in [-0.3, -0.25) is 0 Å². The average Bonchev–Trinajstić information content (AvgIpc) is 2.14. The lowest BCUT2D eigenvalue weighted by molar-refractivity contribution is 0.270. The van der Waals surface area contributed by atoms with Gasteiger partial charge in [0.1, 0.15) is 0 Å². The Morgan fingerprint density at radius 3 is 2.00 bits per heavy atom. The van der Waals surface area contributed by atoms with Crippen LogP contribution in [0.15, 0.2) is 0 Å². The third kappa shape index (κ3) is 8.29. The fourth-order valence-corrected chi connectivity index (χ4v) is 1.60. The minimum atomic E-state index is 0.357. The minimum absolute atomic E-state index is 0.357. The molecule has 2 atom stereocenters. The summed E-state index contributed by atoms with van der Waals surface area (Å²) in [5.41, 5.74) is 0. The van der Waals surface area contributed by atoms with Gasteiger partial charge in [0, 0.05) is 6.61 Å². The molecular formula is C12H26O.